The largest absolute Gasteiger partial charge is 0.467 e. The van der Waals surface area contributed by atoms with E-state index in [1.165, 1.54) is 0 Å². The van der Waals surface area contributed by atoms with Gasteiger partial charge in [-0.2, -0.15) is 13.2 Å². The Morgan fingerprint density at radius 1 is 1.30 bits per heavy atom. The molecule has 8 heteroatoms. The highest BCUT2D eigenvalue weighted by molar-refractivity contribution is 5.98. The lowest BCUT2D eigenvalue weighted by atomic mass is 10.0. The van der Waals surface area contributed by atoms with Gasteiger partial charge in [-0.15, -0.1) is 0 Å². The molecule has 1 unspecified atom stereocenters. The van der Waals surface area contributed by atoms with Crippen LogP contribution in [0.25, 0.3) is 0 Å². The molecule has 1 aliphatic rings. The minimum Gasteiger partial charge on any atom is -0.467 e. The van der Waals surface area contributed by atoms with Crippen LogP contribution in [0.5, 0.6) is 0 Å². The van der Waals surface area contributed by atoms with Gasteiger partial charge in [-0.3, -0.25) is 9.63 Å². The Morgan fingerprint density at radius 3 is 2.52 bits per heavy atom. The molecule has 0 saturated heterocycles. The van der Waals surface area contributed by atoms with Crippen molar-refractivity contribution < 1.29 is 32.3 Å². The van der Waals surface area contributed by atoms with Gasteiger partial charge >= 0.3 is 12.1 Å². The van der Waals surface area contributed by atoms with Crippen LogP contribution in [0.2, 0.25) is 0 Å². The van der Waals surface area contributed by atoms with Crippen molar-refractivity contribution in [1.29, 1.82) is 0 Å². The van der Waals surface area contributed by atoms with E-state index in [0.29, 0.717) is 16.7 Å². The molecule has 1 aromatic carbocycles. The van der Waals surface area contributed by atoms with E-state index in [9.17, 15) is 22.8 Å². The van der Waals surface area contributed by atoms with E-state index in [1.807, 2.05) is 0 Å². The van der Waals surface area contributed by atoms with E-state index in [1.54, 1.807) is 30.3 Å². The number of methoxy groups -OCH3 is 1. The fraction of sp³-hybridized carbons (Fsp3) is 0.333. The van der Waals surface area contributed by atoms with Gasteiger partial charge in [-0.05, 0) is 5.56 Å². The minimum absolute atomic E-state index is 0.148. The number of alkyl halides is 3. The third-order valence-corrected chi connectivity index (χ3v) is 3.25. The second-order valence-electron chi connectivity index (χ2n) is 4.78. The van der Waals surface area contributed by atoms with Gasteiger partial charge in [0.15, 0.2) is 6.04 Å². The van der Waals surface area contributed by atoms with Crippen molar-refractivity contribution in [2.75, 3.05) is 7.11 Å². The Hall–Kier alpha value is -2.35. The number of carbonyl (C=O) groups excluding carboxylic acids is 2. The minimum atomic E-state index is -4.81. The standard InChI is InChI=1S/C15H14F3NO4/c1-22-14(21)12-8-7-11(15(16,17)18)13(20)19(12)23-9-10-5-3-2-4-6-10/h2-7,12H,8-9H2,1H3. The zero-order valence-corrected chi connectivity index (χ0v) is 12.2. The van der Waals surface area contributed by atoms with Crippen molar-refractivity contribution in [3.05, 3.63) is 47.5 Å². The maximum Gasteiger partial charge on any atom is 0.421 e. The smallest absolute Gasteiger partial charge is 0.421 e. The number of esters is 1. The zero-order chi connectivity index (χ0) is 17.0. The molecule has 1 aromatic rings. The summed E-state index contributed by atoms with van der Waals surface area (Å²) in [5.41, 5.74) is -0.710. The van der Waals surface area contributed by atoms with Crippen LogP contribution >= 0.6 is 0 Å². The van der Waals surface area contributed by atoms with Gasteiger partial charge < -0.3 is 4.74 Å². The molecule has 0 N–H and O–H groups in total. The van der Waals surface area contributed by atoms with Crippen LogP contribution in [-0.4, -0.2) is 36.3 Å². The number of rotatable bonds is 4. The molecular weight excluding hydrogens is 315 g/mol. The van der Waals surface area contributed by atoms with E-state index in [2.05, 4.69) is 4.74 Å². The summed E-state index contributed by atoms with van der Waals surface area (Å²) in [6.45, 7) is -0.148. The molecule has 124 valence electrons. The number of hydrogen-bond acceptors (Lipinski definition) is 4. The molecule has 0 spiro atoms. The lowest BCUT2D eigenvalue weighted by molar-refractivity contribution is -0.216. The van der Waals surface area contributed by atoms with Crippen LogP contribution in [0.3, 0.4) is 0 Å². The second kappa shape index (κ2) is 6.82. The molecule has 0 saturated carbocycles. The topological polar surface area (TPSA) is 55.8 Å². The molecule has 1 amide bonds. The summed E-state index contributed by atoms with van der Waals surface area (Å²) in [6.07, 6.45) is -4.46. The number of carbonyl (C=O) groups is 2. The third kappa shape index (κ3) is 3.89. The molecule has 1 heterocycles. The van der Waals surface area contributed by atoms with Crippen molar-refractivity contribution in [2.45, 2.75) is 25.2 Å². The van der Waals surface area contributed by atoms with Gasteiger partial charge in [0, 0.05) is 6.42 Å². The summed E-state index contributed by atoms with van der Waals surface area (Å²) in [6, 6.07) is 7.31. The molecule has 1 atom stereocenters. The maximum absolute atomic E-state index is 12.9. The number of ether oxygens (including phenoxy) is 1. The van der Waals surface area contributed by atoms with Crippen LogP contribution in [-0.2, 0) is 25.8 Å². The molecule has 0 radical (unpaired) electrons. The fourth-order valence-electron chi connectivity index (χ4n) is 2.10. The summed E-state index contributed by atoms with van der Waals surface area (Å²) in [5.74, 6) is -2.25. The fourth-order valence-corrected chi connectivity index (χ4v) is 2.10. The molecular formula is C15H14F3NO4. The summed E-state index contributed by atoms with van der Waals surface area (Å²) < 4.78 is 43.1. The van der Waals surface area contributed by atoms with Gasteiger partial charge in [0.2, 0.25) is 0 Å². The monoisotopic (exact) mass is 329 g/mol. The molecule has 1 aliphatic heterocycles. The van der Waals surface area contributed by atoms with E-state index >= 15 is 0 Å². The first-order valence-electron chi connectivity index (χ1n) is 6.70. The number of benzene rings is 1. The van der Waals surface area contributed by atoms with Crippen molar-refractivity contribution in [2.24, 2.45) is 0 Å². The average molecular weight is 329 g/mol. The van der Waals surface area contributed by atoms with Crippen molar-refractivity contribution in [3.63, 3.8) is 0 Å². The second-order valence-corrected chi connectivity index (χ2v) is 4.78. The predicted molar refractivity (Wildman–Crippen MR) is 72.6 cm³/mol. The third-order valence-electron chi connectivity index (χ3n) is 3.25. The van der Waals surface area contributed by atoms with Crippen LogP contribution in [0.15, 0.2) is 42.0 Å². The van der Waals surface area contributed by atoms with Crippen molar-refractivity contribution in [1.82, 2.24) is 5.06 Å². The number of hydroxylamine groups is 2. The van der Waals surface area contributed by atoms with E-state index < -0.39 is 29.7 Å². The highest BCUT2D eigenvalue weighted by Gasteiger charge is 2.47. The van der Waals surface area contributed by atoms with E-state index in [0.717, 1.165) is 7.11 Å². The Balaban J connectivity index is 2.21. The summed E-state index contributed by atoms with van der Waals surface area (Å²) in [7, 11) is 1.09. The lowest BCUT2D eigenvalue weighted by Gasteiger charge is -2.32. The first-order valence-corrected chi connectivity index (χ1v) is 6.70. The SMILES string of the molecule is COC(=O)C1CC=C(C(F)(F)F)C(=O)N1OCc1ccccc1. The molecule has 0 fully saturated rings. The number of hydrogen-bond donors (Lipinski definition) is 0. The van der Waals surface area contributed by atoms with Crippen molar-refractivity contribution in [3.8, 4) is 0 Å². The van der Waals surface area contributed by atoms with Gasteiger partial charge in [-0.25, -0.2) is 9.86 Å². The predicted octanol–water partition coefficient (Wildman–Crippen LogP) is 2.38. The maximum atomic E-state index is 12.9. The summed E-state index contributed by atoms with van der Waals surface area (Å²) in [4.78, 5) is 28.9. The van der Waals surface area contributed by atoms with Gasteiger partial charge in [0.1, 0.15) is 12.2 Å². The zero-order valence-electron chi connectivity index (χ0n) is 12.2. The Bertz CT molecular complexity index is 613. The molecule has 2 rings (SSSR count). The first-order chi connectivity index (χ1) is 10.8. The highest BCUT2D eigenvalue weighted by Crippen LogP contribution is 2.32. The Kier molecular flexibility index (Phi) is 5.05. The Labute approximate surface area is 130 Å². The first kappa shape index (κ1) is 17.0. The number of amides is 1. The molecule has 0 aromatic heterocycles. The molecule has 23 heavy (non-hydrogen) atoms. The molecule has 5 nitrogen and oxygen atoms in total. The van der Waals surface area contributed by atoms with Gasteiger partial charge in [-0.1, -0.05) is 36.4 Å². The van der Waals surface area contributed by atoms with Crippen LogP contribution in [0.4, 0.5) is 13.2 Å². The summed E-state index contributed by atoms with van der Waals surface area (Å²) in [5, 5.41) is 0.446. The van der Waals surface area contributed by atoms with Gasteiger partial charge in [0.05, 0.1) is 7.11 Å². The number of halogens is 3. The van der Waals surface area contributed by atoms with E-state index in [-0.39, 0.29) is 13.0 Å². The van der Waals surface area contributed by atoms with Crippen molar-refractivity contribution >= 4 is 11.9 Å². The Morgan fingerprint density at radius 2 is 1.96 bits per heavy atom. The molecule has 0 bridgehead atoms. The highest BCUT2D eigenvalue weighted by atomic mass is 19.4. The average Bonchev–Trinajstić information content (AvgIpc) is 2.52. The van der Waals surface area contributed by atoms with E-state index in [4.69, 9.17) is 4.84 Å². The normalized spacial score (nSPS) is 18.6. The quantitative estimate of drug-likeness (QED) is 0.796. The lowest BCUT2D eigenvalue weighted by Crippen LogP contribution is -2.50. The summed E-state index contributed by atoms with van der Waals surface area (Å²) >= 11 is 0. The number of nitrogens with zero attached hydrogens (tertiary/aromatic N) is 1. The van der Waals surface area contributed by atoms with Gasteiger partial charge in [0.25, 0.3) is 5.91 Å². The van der Waals surface area contributed by atoms with Crippen LogP contribution in [0, 0.1) is 0 Å². The van der Waals surface area contributed by atoms with Crippen LogP contribution in [0.1, 0.15) is 12.0 Å². The van der Waals surface area contributed by atoms with Crippen LogP contribution < -0.4 is 0 Å². The molecule has 0 aliphatic carbocycles.